The smallest absolute Gasteiger partial charge is 0.235 e. The van der Waals surface area contributed by atoms with Crippen LogP contribution in [0.25, 0.3) is 10.9 Å². The number of carbonyl (C=O) groups excluding carboxylic acids is 3. The first-order chi connectivity index (χ1) is 18.3. The molecule has 1 aromatic heterocycles. The van der Waals surface area contributed by atoms with Gasteiger partial charge >= 0.3 is 0 Å². The fraction of sp³-hybridized carbons (Fsp3) is 0.387. The second-order valence-corrected chi connectivity index (χ2v) is 10.8. The standard InChI is InChI=1S/C31H34N2O5/c1-18-6-5-7-22-14-21(17-34)19(2)29-25(15-20-16-32-24-9-4-3-8-23(20)24)33-30(38)31(22,29)28(37)13-12-27(36)26(35)11-10-18/h3-5,7-14,16,18-19,22,25-26,29,32,34-35H,6,15,17H2,1-2H3,(H,33,38)/b7-5-,11-10-,13-12-/t18-,19+,22-,25-,26+,29-,31-/m0/s1. The Kier molecular flexibility index (Phi) is 7.07. The van der Waals surface area contributed by atoms with Gasteiger partial charge in [0, 0.05) is 35.0 Å². The molecule has 7 atom stereocenters. The predicted molar refractivity (Wildman–Crippen MR) is 145 cm³/mol. The lowest BCUT2D eigenvalue weighted by atomic mass is 9.55. The van der Waals surface area contributed by atoms with Crippen LogP contribution in [0.5, 0.6) is 0 Å². The van der Waals surface area contributed by atoms with Gasteiger partial charge in [-0.1, -0.05) is 62.4 Å². The average Bonchev–Trinajstić information content (AvgIpc) is 3.45. The lowest BCUT2D eigenvalue weighted by Crippen LogP contribution is -2.52. The zero-order valence-electron chi connectivity index (χ0n) is 21.6. The topological polar surface area (TPSA) is 119 Å². The summed E-state index contributed by atoms with van der Waals surface area (Å²) in [6, 6.07) is 7.59. The van der Waals surface area contributed by atoms with E-state index in [1.54, 1.807) is 6.08 Å². The second kappa shape index (κ2) is 10.3. The number of hydrogen-bond acceptors (Lipinski definition) is 5. The molecule has 0 radical (unpaired) electrons. The van der Waals surface area contributed by atoms with E-state index in [-0.39, 0.29) is 30.4 Å². The molecule has 2 heterocycles. The van der Waals surface area contributed by atoms with Crippen molar-refractivity contribution in [2.45, 2.75) is 38.8 Å². The van der Waals surface area contributed by atoms with Crippen molar-refractivity contribution in [2.75, 3.05) is 6.61 Å². The first-order valence-corrected chi connectivity index (χ1v) is 13.2. The van der Waals surface area contributed by atoms with Crippen molar-refractivity contribution in [1.82, 2.24) is 10.3 Å². The van der Waals surface area contributed by atoms with E-state index < -0.39 is 34.9 Å². The van der Waals surface area contributed by atoms with Crippen molar-refractivity contribution in [1.29, 1.82) is 0 Å². The number of amides is 1. The summed E-state index contributed by atoms with van der Waals surface area (Å²) < 4.78 is 0. The van der Waals surface area contributed by atoms with Gasteiger partial charge in [-0.3, -0.25) is 14.4 Å². The van der Waals surface area contributed by atoms with Crippen LogP contribution in [0, 0.1) is 29.1 Å². The molecule has 4 N–H and O–H groups in total. The van der Waals surface area contributed by atoms with Gasteiger partial charge < -0.3 is 20.5 Å². The van der Waals surface area contributed by atoms with E-state index >= 15 is 0 Å². The van der Waals surface area contributed by atoms with Gasteiger partial charge in [0.05, 0.1) is 6.61 Å². The fourth-order valence-corrected chi connectivity index (χ4v) is 6.57. The van der Waals surface area contributed by atoms with Crippen LogP contribution < -0.4 is 5.32 Å². The third kappa shape index (κ3) is 4.29. The third-order valence-electron chi connectivity index (χ3n) is 8.56. The van der Waals surface area contributed by atoms with Gasteiger partial charge in [-0.05, 0) is 54.0 Å². The van der Waals surface area contributed by atoms with Crippen LogP contribution >= 0.6 is 0 Å². The molecule has 0 saturated carbocycles. The van der Waals surface area contributed by atoms with E-state index in [0.717, 1.165) is 34.2 Å². The molecule has 2 aromatic rings. The van der Waals surface area contributed by atoms with Gasteiger partial charge in [-0.2, -0.15) is 0 Å². The highest BCUT2D eigenvalue weighted by atomic mass is 16.3. The Morgan fingerprint density at radius 3 is 2.63 bits per heavy atom. The van der Waals surface area contributed by atoms with E-state index in [0.29, 0.717) is 12.8 Å². The molecule has 1 spiro atoms. The molecule has 1 amide bonds. The number of aliphatic hydroxyl groups excluding tert-OH is 2. The molecule has 1 aliphatic heterocycles. The summed E-state index contributed by atoms with van der Waals surface area (Å²) in [6.07, 6.45) is 12.9. The Morgan fingerprint density at radius 2 is 1.84 bits per heavy atom. The molecule has 198 valence electrons. The minimum Gasteiger partial charge on any atom is -0.392 e. The van der Waals surface area contributed by atoms with Crippen molar-refractivity contribution >= 4 is 28.4 Å². The van der Waals surface area contributed by atoms with E-state index in [2.05, 4.69) is 10.3 Å². The zero-order valence-corrected chi connectivity index (χ0v) is 21.6. The quantitative estimate of drug-likeness (QED) is 0.371. The lowest BCUT2D eigenvalue weighted by molar-refractivity contribution is -0.142. The maximum absolute atomic E-state index is 14.1. The van der Waals surface area contributed by atoms with Crippen LogP contribution in [0.4, 0.5) is 0 Å². The highest BCUT2D eigenvalue weighted by Gasteiger charge is 2.65. The van der Waals surface area contributed by atoms with Gasteiger partial charge in [0.25, 0.3) is 0 Å². The maximum Gasteiger partial charge on any atom is 0.235 e. The van der Waals surface area contributed by atoms with E-state index in [1.807, 2.05) is 62.5 Å². The lowest BCUT2D eigenvalue weighted by Gasteiger charge is -2.44. The van der Waals surface area contributed by atoms with Crippen LogP contribution in [0.15, 0.2) is 78.6 Å². The molecule has 7 heteroatoms. The van der Waals surface area contributed by atoms with Crippen LogP contribution in [-0.4, -0.2) is 51.4 Å². The monoisotopic (exact) mass is 514 g/mol. The summed E-state index contributed by atoms with van der Waals surface area (Å²) >= 11 is 0. The number of fused-ring (bicyclic) bond motifs is 1. The molecule has 1 saturated heterocycles. The first-order valence-electron chi connectivity index (χ1n) is 13.2. The molecule has 0 unspecified atom stereocenters. The molecule has 2 aliphatic carbocycles. The van der Waals surface area contributed by atoms with Crippen LogP contribution in [-0.2, 0) is 20.8 Å². The molecule has 1 aromatic carbocycles. The predicted octanol–water partition coefficient (Wildman–Crippen LogP) is 3.20. The number of carbonyl (C=O) groups is 3. The SMILES string of the molecule is C[C@@H]1/C=C\[C@@H](O)C(=O)/C=C\C(=O)[C@]23C(=O)N[C@@H](Cc4c[nH]c5ccccc45)[C@@H]2[C@H](C)C(CO)=C[C@@H]3/C=C\C1. The number of benzene rings is 1. The van der Waals surface area contributed by atoms with Crippen LogP contribution in [0.3, 0.4) is 0 Å². The second-order valence-electron chi connectivity index (χ2n) is 10.8. The number of para-hydroxylation sites is 1. The summed E-state index contributed by atoms with van der Waals surface area (Å²) in [4.78, 5) is 43.9. The zero-order chi connectivity index (χ0) is 27.0. The highest BCUT2D eigenvalue weighted by molar-refractivity contribution is 6.15. The summed E-state index contributed by atoms with van der Waals surface area (Å²) in [7, 11) is 0. The molecule has 5 rings (SSSR count). The molecule has 3 aliphatic rings. The van der Waals surface area contributed by atoms with Crippen LogP contribution in [0.2, 0.25) is 0 Å². The van der Waals surface area contributed by atoms with E-state index in [1.165, 1.54) is 6.08 Å². The van der Waals surface area contributed by atoms with Crippen molar-refractivity contribution in [2.24, 2.45) is 29.1 Å². The van der Waals surface area contributed by atoms with Gasteiger partial charge in [0.2, 0.25) is 5.91 Å². The van der Waals surface area contributed by atoms with Gasteiger partial charge in [-0.15, -0.1) is 0 Å². The minimum atomic E-state index is -1.47. The average molecular weight is 515 g/mol. The minimum absolute atomic E-state index is 0.0386. The summed E-state index contributed by atoms with van der Waals surface area (Å²) in [5.41, 5.74) is 1.35. The number of aromatic nitrogens is 1. The van der Waals surface area contributed by atoms with Crippen molar-refractivity contribution in [3.63, 3.8) is 0 Å². The Balaban J connectivity index is 1.63. The number of aliphatic hydroxyl groups is 2. The maximum atomic E-state index is 14.1. The number of allylic oxidation sites excluding steroid dienone is 5. The summed E-state index contributed by atoms with van der Waals surface area (Å²) in [6.45, 7) is 3.75. The largest absolute Gasteiger partial charge is 0.392 e. The number of rotatable bonds is 3. The number of ketones is 2. The van der Waals surface area contributed by atoms with Crippen molar-refractivity contribution in [3.05, 3.63) is 84.1 Å². The third-order valence-corrected chi connectivity index (χ3v) is 8.56. The Hall–Kier alpha value is -3.55. The molecule has 1 fully saturated rings. The Bertz CT molecular complexity index is 1380. The van der Waals surface area contributed by atoms with Gasteiger partial charge in [0.15, 0.2) is 11.6 Å². The van der Waals surface area contributed by atoms with E-state index in [4.69, 9.17) is 0 Å². The van der Waals surface area contributed by atoms with Gasteiger partial charge in [0.1, 0.15) is 11.5 Å². The molecule has 38 heavy (non-hydrogen) atoms. The molecular formula is C31H34N2O5. The Labute approximate surface area is 222 Å². The molecular weight excluding hydrogens is 480 g/mol. The summed E-state index contributed by atoms with van der Waals surface area (Å²) in [5.74, 6) is -2.71. The van der Waals surface area contributed by atoms with E-state index in [9.17, 15) is 24.6 Å². The van der Waals surface area contributed by atoms with Crippen molar-refractivity contribution in [3.8, 4) is 0 Å². The normalized spacial score (nSPS) is 36.2. The fourth-order valence-electron chi connectivity index (χ4n) is 6.57. The number of nitrogens with one attached hydrogen (secondary N) is 2. The van der Waals surface area contributed by atoms with Crippen LogP contribution in [0.1, 0.15) is 25.8 Å². The number of H-pyrrole nitrogens is 1. The summed E-state index contributed by atoms with van der Waals surface area (Å²) in [5, 5.41) is 24.7. The number of hydrogen-bond donors (Lipinski definition) is 4. The van der Waals surface area contributed by atoms with Crippen molar-refractivity contribution < 1.29 is 24.6 Å². The molecule has 7 nitrogen and oxygen atoms in total. The number of aromatic amines is 1. The molecule has 0 bridgehead atoms. The Morgan fingerprint density at radius 1 is 1.05 bits per heavy atom. The highest BCUT2D eigenvalue weighted by Crippen LogP contribution is 2.54. The van der Waals surface area contributed by atoms with Gasteiger partial charge in [-0.25, -0.2) is 0 Å². The first kappa shape index (κ1) is 26.1.